The molecule has 0 spiro atoms. The molecule has 0 amide bonds. The molecule has 0 heterocycles. The molecule has 0 radical (unpaired) electrons. The van der Waals surface area contributed by atoms with Gasteiger partial charge in [-0.3, -0.25) is 0 Å². The summed E-state index contributed by atoms with van der Waals surface area (Å²) in [4.78, 5) is 11.4. The van der Waals surface area contributed by atoms with Gasteiger partial charge in [-0.25, -0.2) is 18.0 Å². The molecule has 3 nitrogen and oxygen atoms in total. The van der Waals surface area contributed by atoms with E-state index in [1.54, 1.807) is 18.2 Å². The number of benzene rings is 2. The molecule has 0 aromatic heterocycles. The monoisotopic (exact) mass is 345 g/mol. The van der Waals surface area contributed by atoms with Gasteiger partial charge in [0.2, 0.25) is 6.93 Å². The number of hydrogen-bond acceptors (Lipinski definition) is 3. The number of halogens is 4. The van der Waals surface area contributed by atoms with Crippen molar-refractivity contribution in [3.63, 3.8) is 0 Å². The third kappa shape index (κ3) is 5.49. The zero-order chi connectivity index (χ0) is 17.4. The number of methoxy groups -OCH3 is 1. The fraction of sp³-hybridized carbons (Fsp3) is 0.188. The van der Waals surface area contributed by atoms with Crippen LogP contribution in [0.3, 0.4) is 0 Å². The van der Waals surface area contributed by atoms with E-state index in [1.807, 2.05) is 6.07 Å². The average molecular weight is 346 g/mol. The quantitative estimate of drug-likeness (QED) is 0.665. The van der Waals surface area contributed by atoms with Crippen molar-refractivity contribution in [2.75, 3.05) is 19.8 Å². The molecule has 2 aromatic carbocycles. The van der Waals surface area contributed by atoms with Crippen molar-refractivity contribution in [1.29, 1.82) is 0 Å². The van der Waals surface area contributed by atoms with Crippen LogP contribution in [0.2, 0.25) is 5.02 Å². The van der Waals surface area contributed by atoms with E-state index in [-0.39, 0.29) is 10.6 Å². The molecule has 2 aromatic rings. The van der Waals surface area contributed by atoms with Gasteiger partial charge in [0.05, 0.1) is 12.7 Å². The number of alkyl halides is 2. The lowest BCUT2D eigenvalue weighted by Crippen LogP contribution is -2.04. The van der Waals surface area contributed by atoms with Crippen LogP contribution in [0.4, 0.5) is 18.9 Å². The summed E-state index contributed by atoms with van der Waals surface area (Å²) in [6.45, 7) is -1.75. The highest BCUT2D eigenvalue weighted by Gasteiger charge is 2.14. The standard InChI is InChI=1S/C15H13ClFNO2.CH2F2/c1-20-15(19)10-7-13(16)12(14(17)8-10)6-9-3-2-4-11(18)5-9;2-1-3/h2-5,7-8H,6,18H2,1H3;1H2. The van der Waals surface area contributed by atoms with Crippen LogP contribution >= 0.6 is 11.6 Å². The lowest BCUT2D eigenvalue weighted by atomic mass is 10.0. The number of rotatable bonds is 3. The van der Waals surface area contributed by atoms with E-state index in [0.29, 0.717) is 17.7 Å². The topological polar surface area (TPSA) is 52.3 Å². The van der Waals surface area contributed by atoms with E-state index in [1.165, 1.54) is 13.2 Å². The lowest BCUT2D eigenvalue weighted by molar-refractivity contribution is 0.0600. The first-order valence-corrected chi connectivity index (χ1v) is 6.83. The molecular formula is C16H15ClF3NO2. The molecule has 0 atom stereocenters. The second kappa shape index (κ2) is 9.05. The molecule has 0 unspecified atom stereocenters. The smallest absolute Gasteiger partial charge is 0.338 e. The van der Waals surface area contributed by atoms with E-state index in [4.69, 9.17) is 17.3 Å². The van der Waals surface area contributed by atoms with Gasteiger partial charge in [0.25, 0.3) is 0 Å². The van der Waals surface area contributed by atoms with Gasteiger partial charge in [-0.15, -0.1) is 0 Å². The molecule has 0 saturated carbocycles. The van der Waals surface area contributed by atoms with E-state index in [9.17, 15) is 18.0 Å². The SMILES string of the molecule is COC(=O)c1cc(F)c(Cc2cccc(N)c2)c(Cl)c1.FCF. The van der Waals surface area contributed by atoms with Crippen molar-refractivity contribution < 1.29 is 22.7 Å². The molecule has 23 heavy (non-hydrogen) atoms. The Hall–Kier alpha value is -2.21. The fourth-order valence-electron chi connectivity index (χ4n) is 1.91. The maximum absolute atomic E-state index is 14.1. The summed E-state index contributed by atoms with van der Waals surface area (Å²) in [5, 5.41) is 0.188. The molecule has 0 bridgehead atoms. The van der Waals surface area contributed by atoms with Gasteiger partial charge in [-0.1, -0.05) is 23.7 Å². The normalized spacial score (nSPS) is 9.78. The highest BCUT2D eigenvalue weighted by atomic mass is 35.5. The molecule has 7 heteroatoms. The number of carbonyl (C=O) groups is 1. The Bertz CT molecular complexity index is 657. The third-order valence-corrected chi connectivity index (χ3v) is 3.23. The number of nitrogen functional groups attached to an aromatic ring is 1. The van der Waals surface area contributed by atoms with Crippen LogP contribution in [0.15, 0.2) is 36.4 Å². The van der Waals surface area contributed by atoms with Gasteiger partial charge in [-0.05, 0) is 29.8 Å². The van der Waals surface area contributed by atoms with Crippen molar-refractivity contribution in [3.05, 3.63) is 63.9 Å². The van der Waals surface area contributed by atoms with Crippen LogP contribution in [0.1, 0.15) is 21.5 Å². The van der Waals surface area contributed by atoms with Gasteiger partial charge in [-0.2, -0.15) is 0 Å². The van der Waals surface area contributed by atoms with Crippen LogP contribution < -0.4 is 5.73 Å². The van der Waals surface area contributed by atoms with Crippen LogP contribution in [0.25, 0.3) is 0 Å². The first kappa shape index (κ1) is 18.8. The number of carbonyl (C=O) groups excluding carboxylic acids is 1. The van der Waals surface area contributed by atoms with Crippen LogP contribution in [-0.2, 0) is 11.2 Å². The molecule has 0 aliphatic heterocycles. The third-order valence-electron chi connectivity index (χ3n) is 2.89. The first-order chi connectivity index (χ1) is 10.9. The minimum Gasteiger partial charge on any atom is -0.465 e. The highest BCUT2D eigenvalue weighted by Crippen LogP contribution is 2.25. The Morgan fingerprint density at radius 2 is 1.91 bits per heavy atom. The van der Waals surface area contributed by atoms with Gasteiger partial charge >= 0.3 is 5.97 Å². The van der Waals surface area contributed by atoms with Crippen molar-refractivity contribution in [1.82, 2.24) is 0 Å². The number of anilines is 1. The predicted molar refractivity (Wildman–Crippen MR) is 83.5 cm³/mol. The van der Waals surface area contributed by atoms with Crippen molar-refractivity contribution in [3.8, 4) is 0 Å². The fourth-order valence-corrected chi connectivity index (χ4v) is 2.19. The van der Waals surface area contributed by atoms with Crippen molar-refractivity contribution in [2.45, 2.75) is 6.42 Å². The molecule has 0 saturated heterocycles. The Labute approximate surface area is 136 Å². The number of esters is 1. The van der Waals surface area contributed by atoms with Crippen LogP contribution in [0, 0.1) is 5.82 Å². The zero-order valence-corrected chi connectivity index (χ0v) is 13.0. The van der Waals surface area contributed by atoms with Gasteiger partial charge < -0.3 is 10.5 Å². The van der Waals surface area contributed by atoms with E-state index in [0.717, 1.165) is 11.6 Å². The summed E-state index contributed by atoms with van der Waals surface area (Å²) in [6.07, 6.45) is 0.303. The second-order valence-corrected chi connectivity index (χ2v) is 4.84. The zero-order valence-electron chi connectivity index (χ0n) is 12.3. The molecule has 0 aliphatic rings. The van der Waals surface area contributed by atoms with Gasteiger partial charge in [0.1, 0.15) is 5.82 Å². The molecule has 124 valence electrons. The largest absolute Gasteiger partial charge is 0.465 e. The average Bonchev–Trinajstić information content (AvgIpc) is 2.50. The lowest BCUT2D eigenvalue weighted by Gasteiger charge is -2.09. The number of ether oxygens (including phenoxy) is 1. The first-order valence-electron chi connectivity index (χ1n) is 6.45. The van der Waals surface area contributed by atoms with Gasteiger partial charge in [0.15, 0.2) is 0 Å². The molecule has 0 aliphatic carbocycles. The Morgan fingerprint density at radius 1 is 1.26 bits per heavy atom. The van der Waals surface area contributed by atoms with Gasteiger partial charge in [0, 0.05) is 22.7 Å². The van der Waals surface area contributed by atoms with E-state index in [2.05, 4.69) is 4.74 Å². The Kier molecular flexibility index (Phi) is 7.41. The maximum atomic E-state index is 14.1. The highest BCUT2D eigenvalue weighted by molar-refractivity contribution is 6.31. The Morgan fingerprint density at radius 3 is 2.43 bits per heavy atom. The number of nitrogens with two attached hydrogens (primary N) is 1. The minimum absolute atomic E-state index is 0.0892. The summed E-state index contributed by atoms with van der Waals surface area (Å²) < 4.78 is 37.9. The minimum atomic E-state index is -1.75. The molecule has 2 rings (SSSR count). The summed E-state index contributed by atoms with van der Waals surface area (Å²) in [5.74, 6) is -1.17. The summed E-state index contributed by atoms with van der Waals surface area (Å²) in [5.41, 5.74) is 7.54. The molecular weight excluding hydrogens is 331 g/mol. The van der Waals surface area contributed by atoms with E-state index < -0.39 is 18.7 Å². The molecule has 2 N–H and O–H groups in total. The van der Waals surface area contributed by atoms with Crippen molar-refractivity contribution >= 4 is 23.3 Å². The maximum Gasteiger partial charge on any atom is 0.338 e. The summed E-state index contributed by atoms with van der Waals surface area (Å²) in [7, 11) is 1.23. The molecule has 0 fully saturated rings. The second-order valence-electron chi connectivity index (χ2n) is 4.43. The predicted octanol–water partition coefficient (Wildman–Crippen LogP) is 4.32. The Balaban J connectivity index is 0.000000816. The summed E-state index contributed by atoms with van der Waals surface area (Å²) in [6, 6.07) is 9.66. The van der Waals surface area contributed by atoms with E-state index >= 15 is 0 Å². The summed E-state index contributed by atoms with van der Waals surface area (Å²) >= 11 is 6.05. The van der Waals surface area contributed by atoms with Crippen LogP contribution in [0.5, 0.6) is 0 Å². The van der Waals surface area contributed by atoms with Crippen LogP contribution in [-0.4, -0.2) is 20.0 Å². The number of hydrogen-bond donors (Lipinski definition) is 1. The van der Waals surface area contributed by atoms with Crippen molar-refractivity contribution in [2.24, 2.45) is 0 Å².